The molecule has 0 saturated heterocycles. The maximum atomic E-state index is 12.8. The predicted molar refractivity (Wildman–Crippen MR) is 59.2 cm³/mol. The van der Waals surface area contributed by atoms with E-state index >= 15 is 0 Å². The smallest absolute Gasteiger partial charge is 0.124 e. The number of halogens is 2. The van der Waals surface area contributed by atoms with Crippen molar-refractivity contribution in [3.05, 3.63) is 34.6 Å². The summed E-state index contributed by atoms with van der Waals surface area (Å²) in [5.41, 5.74) is 6.40. The van der Waals surface area contributed by atoms with Gasteiger partial charge in [0.05, 0.1) is 12.1 Å². The molecule has 1 rings (SSSR count). The van der Waals surface area contributed by atoms with Gasteiger partial charge in [0.25, 0.3) is 0 Å². The van der Waals surface area contributed by atoms with Gasteiger partial charge in [0, 0.05) is 5.02 Å². The van der Waals surface area contributed by atoms with Crippen LogP contribution in [0.15, 0.2) is 18.2 Å². The van der Waals surface area contributed by atoms with Crippen LogP contribution in [0.4, 0.5) is 4.39 Å². The zero-order valence-electron chi connectivity index (χ0n) is 8.74. The minimum atomic E-state index is -0.687. The summed E-state index contributed by atoms with van der Waals surface area (Å²) in [7, 11) is 0. The molecule has 1 aromatic carbocycles. The van der Waals surface area contributed by atoms with Crippen molar-refractivity contribution in [2.45, 2.75) is 26.0 Å². The van der Waals surface area contributed by atoms with E-state index in [1.807, 2.05) is 13.8 Å². The molecule has 4 heteroatoms. The highest BCUT2D eigenvalue weighted by Gasteiger charge is 2.22. The molecule has 2 atom stereocenters. The van der Waals surface area contributed by atoms with Crippen molar-refractivity contribution in [2.24, 2.45) is 11.7 Å². The third-order valence-corrected chi connectivity index (χ3v) is 2.70. The van der Waals surface area contributed by atoms with Gasteiger partial charge in [0.1, 0.15) is 5.82 Å². The first-order valence-corrected chi connectivity index (χ1v) is 5.20. The summed E-state index contributed by atoms with van der Waals surface area (Å²) < 4.78 is 12.8. The molecule has 0 heterocycles. The molecule has 0 aliphatic rings. The van der Waals surface area contributed by atoms with Crippen molar-refractivity contribution < 1.29 is 9.50 Å². The first kappa shape index (κ1) is 12.4. The molecule has 84 valence electrons. The largest absolute Gasteiger partial charge is 0.391 e. The lowest BCUT2D eigenvalue weighted by Crippen LogP contribution is -2.30. The molecule has 1 aromatic rings. The SMILES string of the molecule is CC(C)[C@@H](O)[C@@H](N)c1ccc(F)cc1Cl. The second-order valence-corrected chi connectivity index (χ2v) is 4.33. The van der Waals surface area contributed by atoms with Crippen LogP contribution < -0.4 is 5.73 Å². The van der Waals surface area contributed by atoms with E-state index in [-0.39, 0.29) is 10.9 Å². The Hall–Kier alpha value is -0.640. The normalized spacial score (nSPS) is 15.4. The molecule has 0 aromatic heterocycles. The van der Waals surface area contributed by atoms with Gasteiger partial charge < -0.3 is 10.8 Å². The van der Waals surface area contributed by atoms with Crippen molar-refractivity contribution in [1.29, 1.82) is 0 Å². The number of aliphatic hydroxyl groups excluding tert-OH is 1. The summed E-state index contributed by atoms with van der Waals surface area (Å²) in [6.45, 7) is 3.73. The minimum Gasteiger partial charge on any atom is -0.391 e. The number of benzene rings is 1. The maximum absolute atomic E-state index is 12.8. The van der Waals surface area contributed by atoms with Crippen molar-refractivity contribution >= 4 is 11.6 Å². The Morgan fingerprint density at radius 3 is 2.47 bits per heavy atom. The van der Waals surface area contributed by atoms with E-state index in [0.29, 0.717) is 5.56 Å². The van der Waals surface area contributed by atoms with E-state index < -0.39 is 18.0 Å². The molecule has 0 saturated carbocycles. The Bertz CT molecular complexity index is 343. The van der Waals surface area contributed by atoms with Crippen molar-refractivity contribution in [1.82, 2.24) is 0 Å². The topological polar surface area (TPSA) is 46.2 Å². The van der Waals surface area contributed by atoms with Gasteiger partial charge in [-0.05, 0) is 23.6 Å². The third-order valence-electron chi connectivity index (χ3n) is 2.37. The van der Waals surface area contributed by atoms with E-state index in [4.69, 9.17) is 17.3 Å². The van der Waals surface area contributed by atoms with Gasteiger partial charge in [-0.25, -0.2) is 4.39 Å². The molecule has 0 radical (unpaired) electrons. The summed E-state index contributed by atoms with van der Waals surface area (Å²) >= 11 is 5.84. The zero-order chi connectivity index (χ0) is 11.6. The fraction of sp³-hybridized carbons (Fsp3) is 0.455. The summed E-state index contributed by atoms with van der Waals surface area (Å²) in [5, 5.41) is 10.0. The Morgan fingerprint density at radius 2 is 2.00 bits per heavy atom. The highest BCUT2D eigenvalue weighted by atomic mass is 35.5. The van der Waals surface area contributed by atoms with Crippen LogP contribution in [0.1, 0.15) is 25.5 Å². The Balaban J connectivity index is 2.96. The van der Waals surface area contributed by atoms with Crippen molar-refractivity contribution in [2.75, 3.05) is 0 Å². The predicted octanol–water partition coefficient (Wildman–Crippen LogP) is 2.50. The fourth-order valence-corrected chi connectivity index (χ4v) is 1.66. The monoisotopic (exact) mass is 231 g/mol. The highest BCUT2D eigenvalue weighted by molar-refractivity contribution is 6.31. The number of hydrogen-bond acceptors (Lipinski definition) is 2. The molecule has 0 aliphatic heterocycles. The molecule has 0 spiro atoms. The van der Waals surface area contributed by atoms with Crippen LogP contribution in [-0.4, -0.2) is 11.2 Å². The van der Waals surface area contributed by atoms with E-state index in [1.54, 1.807) is 0 Å². The molecule has 15 heavy (non-hydrogen) atoms. The van der Waals surface area contributed by atoms with Gasteiger partial charge in [-0.3, -0.25) is 0 Å². The average molecular weight is 232 g/mol. The van der Waals surface area contributed by atoms with Gasteiger partial charge in [0.15, 0.2) is 0 Å². The second-order valence-electron chi connectivity index (χ2n) is 3.93. The minimum absolute atomic E-state index is 0.0288. The lowest BCUT2D eigenvalue weighted by molar-refractivity contribution is 0.0979. The van der Waals surface area contributed by atoms with Crippen LogP contribution in [-0.2, 0) is 0 Å². The highest BCUT2D eigenvalue weighted by Crippen LogP contribution is 2.26. The van der Waals surface area contributed by atoms with E-state index in [0.717, 1.165) is 0 Å². The summed E-state index contributed by atoms with van der Waals surface area (Å²) in [4.78, 5) is 0. The molecule has 0 unspecified atom stereocenters. The van der Waals surface area contributed by atoms with Gasteiger partial charge in [0.2, 0.25) is 0 Å². The lowest BCUT2D eigenvalue weighted by Gasteiger charge is -2.23. The summed E-state index contributed by atoms with van der Waals surface area (Å²) in [5.74, 6) is -0.379. The molecule has 2 nitrogen and oxygen atoms in total. The summed E-state index contributed by atoms with van der Waals surface area (Å²) in [6, 6.07) is 3.41. The van der Waals surface area contributed by atoms with Crippen LogP contribution in [0.25, 0.3) is 0 Å². The second kappa shape index (κ2) is 4.92. The summed E-state index contributed by atoms with van der Waals surface area (Å²) in [6.07, 6.45) is -0.687. The zero-order valence-corrected chi connectivity index (χ0v) is 9.50. The van der Waals surface area contributed by atoms with Gasteiger partial charge >= 0.3 is 0 Å². The molecule has 0 amide bonds. The van der Waals surface area contributed by atoms with Crippen molar-refractivity contribution in [3.8, 4) is 0 Å². The van der Waals surface area contributed by atoms with Crippen LogP contribution in [0, 0.1) is 11.7 Å². The molecule has 0 bridgehead atoms. The Morgan fingerprint density at radius 1 is 1.40 bits per heavy atom. The standard InChI is InChI=1S/C11H15ClFNO/c1-6(2)11(15)10(14)8-4-3-7(13)5-9(8)12/h3-6,10-11,15H,14H2,1-2H3/t10-,11+/m0/s1. The molecular formula is C11H15ClFNO. The average Bonchev–Trinajstić information content (AvgIpc) is 2.15. The molecule has 3 N–H and O–H groups in total. The number of rotatable bonds is 3. The van der Waals surface area contributed by atoms with Gasteiger partial charge in [-0.1, -0.05) is 31.5 Å². The quantitative estimate of drug-likeness (QED) is 0.840. The number of hydrogen-bond donors (Lipinski definition) is 2. The van der Waals surface area contributed by atoms with E-state index in [9.17, 15) is 9.50 Å². The van der Waals surface area contributed by atoms with Gasteiger partial charge in [-0.15, -0.1) is 0 Å². The van der Waals surface area contributed by atoms with E-state index in [2.05, 4.69) is 0 Å². The fourth-order valence-electron chi connectivity index (χ4n) is 1.37. The lowest BCUT2D eigenvalue weighted by atomic mass is 9.94. The first-order chi connectivity index (χ1) is 6.93. The van der Waals surface area contributed by atoms with Crippen LogP contribution in [0.3, 0.4) is 0 Å². The molecule has 0 aliphatic carbocycles. The van der Waals surface area contributed by atoms with Crippen LogP contribution in [0.5, 0.6) is 0 Å². The Labute approximate surface area is 93.9 Å². The van der Waals surface area contributed by atoms with Crippen LogP contribution >= 0.6 is 11.6 Å². The van der Waals surface area contributed by atoms with Crippen LogP contribution in [0.2, 0.25) is 5.02 Å². The van der Waals surface area contributed by atoms with Gasteiger partial charge in [-0.2, -0.15) is 0 Å². The van der Waals surface area contributed by atoms with E-state index in [1.165, 1.54) is 18.2 Å². The number of aliphatic hydroxyl groups is 1. The molecule has 0 fully saturated rings. The molecular weight excluding hydrogens is 217 g/mol. The maximum Gasteiger partial charge on any atom is 0.124 e. The first-order valence-electron chi connectivity index (χ1n) is 4.82. The number of nitrogens with two attached hydrogens (primary N) is 1. The third kappa shape index (κ3) is 2.91. The van der Waals surface area contributed by atoms with Crippen molar-refractivity contribution in [3.63, 3.8) is 0 Å². The Kier molecular flexibility index (Phi) is 4.08.